The number of carbonyl (C=O) groups excluding carboxylic acids is 2. The average molecular weight is 482 g/mol. The SMILES string of the molecule is CCC(=O)c1cc(NC(=O)c2sccc2S(=O)(=O)Nc2onc(C)c2Cl)c(C)cc1C. The van der Waals surface area contributed by atoms with Crippen LogP contribution in [0.15, 0.2) is 33.0 Å². The highest BCUT2D eigenvalue weighted by molar-refractivity contribution is 7.93. The molecule has 0 radical (unpaired) electrons. The Morgan fingerprint density at radius 2 is 1.90 bits per heavy atom. The molecule has 0 aliphatic rings. The summed E-state index contributed by atoms with van der Waals surface area (Å²) in [6.45, 7) is 6.95. The van der Waals surface area contributed by atoms with Gasteiger partial charge in [0.1, 0.15) is 20.5 Å². The molecule has 0 saturated carbocycles. The highest BCUT2D eigenvalue weighted by Crippen LogP contribution is 2.30. The van der Waals surface area contributed by atoms with Crippen LogP contribution in [0.3, 0.4) is 0 Å². The molecule has 2 heterocycles. The number of anilines is 2. The topological polar surface area (TPSA) is 118 Å². The predicted octanol–water partition coefficient (Wildman–Crippen LogP) is 4.96. The van der Waals surface area contributed by atoms with E-state index in [1.54, 1.807) is 32.9 Å². The van der Waals surface area contributed by atoms with Crippen LogP contribution in [0.25, 0.3) is 0 Å². The van der Waals surface area contributed by atoms with Crippen molar-refractivity contribution in [3.8, 4) is 0 Å². The Kier molecular flexibility index (Phi) is 6.54. The summed E-state index contributed by atoms with van der Waals surface area (Å²) in [7, 11) is -4.16. The summed E-state index contributed by atoms with van der Waals surface area (Å²) in [6.07, 6.45) is 0.333. The lowest BCUT2D eigenvalue weighted by molar-refractivity contribution is 0.0985. The minimum absolute atomic E-state index is 0.0248. The van der Waals surface area contributed by atoms with Crippen molar-refractivity contribution < 1.29 is 22.5 Å². The number of ketones is 1. The molecule has 31 heavy (non-hydrogen) atoms. The summed E-state index contributed by atoms with van der Waals surface area (Å²) < 4.78 is 32.7. The van der Waals surface area contributed by atoms with E-state index in [4.69, 9.17) is 16.1 Å². The number of halogens is 1. The van der Waals surface area contributed by atoms with Gasteiger partial charge in [-0.05, 0) is 49.4 Å². The van der Waals surface area contributed by atoms with Gasteiger partial charge in [0.05, 0.1) is 0 Å². The molecule has 0 saturated heterocycles. The molecule has 11 heteroatoms. The molecule has 2 N–H and O–H groups in total. The molecule has 0 unspecified atom stereocenters. The maximum absolute atomic E-state index is 12.9. The van der Waals surface area contributed by atoms with E-state index in [1.807, 2.05) is 6.92 Å². The molecule has 1 amide bonds. The number of sulfonamides is 1. The minimum Gasteiger partial charge on any atom is -0.336 e. The summed E-state index contributed by atoms with van der Waals surface area (Å²) in [5, 5.41) is 7.85. The van der Waals surface area contributed by atoms with E-state index in [0.717, 1.165) is 22.5 Å². The molecule has 3 rings (SSSR count). The number of hydrogen-bond donors (Lipinski definition) is 2. The third-order valence-corrected chi connectivity index (χ3v) is 7.44. The third kappa shape index (κ3) is 4.65. The number of rotatable bonds is 7. The number of Topliss-reactive ketones (excluding diaryl/α,β-unsaturated/α-hetero) is 1. The molecule has 0 spiro atoms. The molecule has 2 aromatic heterocycles. The van der Waals surface area contributed by atoms with Gasteiger partial charge in [0.25, 0.3) is 21.8 Å². The summed E-state index contributed by atoms with van der Waals surface area (Å²) in [5.41, 5.74) is 2.84. The predicted molar refractivity (Wildman–Crippen MR) is 120 cm³/mol. The lowest BCUT2D eigenvalue weighted by Gasteiger charge is -2.13. The standard InChI is InChI=1S/C20H20ClN3O5S2/c1-5-15(25)13-9-14(11(3)8-10(13)2)22-19(26)18-16(6-7-30-18)31(27,28)24-20-17(21)12(4)23-29-20/h6-9,24H,5H2,1-4H3,(H,22,26). The normalized spacial score (nSPS) is 11.4. The number of nitrogens with one attached hydrogen (secondary N) is 2. The number of nitrogens with zero attached hydrogens (tertiary/aromatic N) is 1. The smallest absolute Gasteiger partial charge is 0.267 e. The number of aromatic nitrogens is 1. The number of aryl methyl sites for hydroxylation is 3. The summed E-state index contributed by atoms with van der Waals surface area (Å²) >= 11 is 6.95. The second-order valence-corrected chi connectivity index (χ2v) is 9.79. The van der Waals surface area contributed by atoms with Crippen molar-refractivity contribution in [3.05, 3.63) is 55.9 Å². The Balaban J connectivity index is 1.91. The summed E-state index contributed by atoms with van der Waals surface area (Å²) in [6, 6.07) is 4.74. The van der Waals surface area contributed by atoms with Gasteiger partial charge in [-0.2, -0.15) is 0 Å². The van der Waals surface area contributed by atoms with Gasteiger partial charge < -0.3 is 9.84 Å². The first-order valence-corrected chi connectivity index (χ1v) is 12.0. The number of hydrogen-bond acceptors (Lipinski definition) is 7. The van der Waals surface area contributed by atoms with Crippen LogP contribution in [0.1, 0.15) is 50.2 Å². The average Bonchev–Trinajstić information content (AvgIpc) is 3.33. The number of thiophene rings is 1. The maximum Gasteiger partial charge on any atom is 0.267 e. The second kappa shape index (κ2) is 8.81. The van der Waals surface area contributed by atoms with E-state index in [9.17, 15) is 18.0 Å². The van der Waals surface area contributed by atoms with Crippen LogP contribution in [0, 0.1) is 20.8 Å². The van der Waals surface area contributed by atoms with Gasteiger partial charge in [0.2, 0.25) is 0 Å². The van der Waals surface area contributed by atoms with Crippen LogP contribution in [0.4, 0.5) is 11.6 Å². The molecule has 0 fully saturated rings. The number of amides is 1. The number of benzene rings is 1. The fourth-order valence-corrected chi connectivity index (χ4v) is 5.42. The van der Waals surface area contributed by atoms with Crippen LogP contribution < -0.4 is 10.0 Å². The summed E-state index contributed by atoms with van der Waals surface area (Å²) in [5.74, 6) is -0.887. The van der Waals surface area contributed by atoms with Crippen molar-refractivity contribution in [2.24, 2.45) is 0 Å². The van der Waals surface area contributed by atoms with Crippen molar-refractivity contribution in [2.45, 2.75) is 39.0 Å². The van der Waals surface area contributed by atoms with Gasteiger partial charge in [-0.1, -0.05) is 29.7 Å². The fraction of sp³-hybridized carbons (Fsp3) is 0.250. The third-order valence-electron chi connectivity index (χ3n) is 4.58. The molecule has 0 aliphatic carbocycles. The monoisotopic (exact) mass is 481 g/mol. The first-order chi connectivity index (χ1) is 14.5. The Morgan fingerprint density at radius 3 is 2.52 bits per heavy atom. The highest BCUT2D eigenvalue weighted by Gasteiger charge is 2.27. The molecule has 1 aromatic carbocycles. The van der Waals surface area contributed by atoms with Gasteiger partial charge in [0.15, 0.2) is 5.78 Å². The quantitative estimate of drug-likeness (QED) is 0.460. The molecule has 0 aliphatic heterocycles. The van der Waals surface area contributed by atoms with Gasteiger partial charge in [-0.25, -0.2) is 13.1 Å². The zero-order valence-corrected chi connectivity index (χ0v) is 19.6. The van der Waals surface area contributed by atoms with E-state index in [-0.39, 0.29) is 26.5 Å². The molecule has 0 bridgehead atoms. The van der Waals surface area contributed by atoms with Crippen molar-refractivity contribution in [1.82, 2.24) is 5.16 Å². The fourth-order valence-electron chi connectivity index (χ4n) is 2.93. The summed E-state index contributed by atoms with van der Waals surface area (Å²) in [4.78, 5) is 24.8. The Labute approximate surface area is 188 Å². The lowest BCUT2D eigenvalue weighted by Crippen LogP contribution is -2.19. The second-order valence-electron chi connectivity index (χ2n) is 6.84. The molecular formula is C20H20ClN3O5S2. The Morgan fingerprint density at radius 1 is 1.19 bits per heavy atom. The van der Waals surface area contributed by atoms with Crippen molar-refractivity contribution in [2.75, 3.05) is 10.0 Å². The van der Waals surface area contributed by atoms with Gasteiger partial charge >= 0.3 is 0 Å². The highest BCUT2D eigenvalue weighted by atomic mass is 35.5. The van der Waals surface area contributed by atoms with Crippen LogP contribution in [0.2, 0.25) is 5.02 Å². The molecular weight excluding hydrogens is 462 g/mol. The van der Waals surface area contributed by atoms with Crippen molar-refractivity contribution in [3.63, 3.8) is 0 Å². The molecule has 8 nitrogen and oxygen atoms in total. The molecule has 0 atom stereocenters. The zero-order valence-electron chi connectivity index (χ0n) is 17.2. The zero-order chi connectivity index (χ0) is 22.9. The maximum atomic E-state index is 12.9. The van der Waals surface area contributed by atoms with E-state index in [0.29, 0.717) is 23.4 Å². The van der Waals surface area contributed by atoms with E-state index in [2.05, 4.69) is 15.2 Å². The van der Waals surface area contributed by atoms with E-state index < -0.39 is 15.9 Å². The van der Waals surface area contributed by atoms with Crippen LogP contribution in [-0.4, -0.2) is 25.3 Å². The first-order valence-electron chi connectivity index (χ1n) is 9.23. The molecule has 3 aromatic rings. The number of carbonyl (C=O) groups is 2. The van der Waals surface area contributed by atoms with E-state index in [1.165, 1.54) is 11.4 Å². The van der Waals surface area contributed by atoms with Crippen molar-refractivity contribution in [1.29, 1.82) is 0 Å². The van der Waals surface area contributed by atoms with Gasteiger partial charge in [-0.15, -0.1) is 11.3 Å². The lowest BCUT2D eigenvalue weighted by atomic mass is 9.99. The first kappa shape index (κ1) is 23.0. The largest absolute Gasteiger partial charge is 0.336 e. The molecule has 164 valence electrons. The van der Waals surface area contributed by atoms with Crippen LogP contribution in [-0.2, 0) is 10.0 Å². The van der Waals surface area contributed by atoms with Gasteiger partial charge in [-0.3, -0.25) is 9.59 Å². The van der Waals surface area contributed by atoms with E-state index >= 15 is 0 Å². The van der Waals surface area contributed by atoms with Crippen LogP contribution >= 0.6 is 22.9 Å². The van der Waals surface area contributed by atoms with Crippen LogP contribution in [0.5, 0.6) is 0 Å². The Bertz CT molecular complexity index is 1280. The van der Waals surface area contributed by atoms with Gasteiger partial charge in [0, 0.05) is 17.7 Å². The van der Waals surface area contributed by atoms with Crippen molar-refractivity contribution >= 4 is 56.2 Å². The minimum atomic E-state index is -4.16. The Hall–Kier alpha value is -2.69.